The maximum absolute atomic E-state index is 12.9. The summed E-state index contributed by atoms with van der Waals surface area (Å²) >= 11 is 0. The smallest absolute Gasteiger partial charge is 0.307 e. The van der Waals surface area contributed by atoms with Crippen molar-refractivity contribution >= 4 is 27.4 Å². The first kappa shape index (κ1) is 22.5. The van der Waals surface area contributed by atoms with Gasteiger partial charge in [0.25, 0.3) is 5.91 Å². The Kier molecular flexibility index (Phi) is 7.50. The van der Waals surface area contributed by atoms with Gasteiger partial charge in [-0.05, 0) is 48.7 Å². The molecule has 8 heteroatoms. The molecular weight excluding hydrogens is 397 g/mol. The summed E-state index contributed by atoms with van der Waals surface area (Å²) in [6.45, 7) is 5.41. The molecule has 0 aromatic heterocycles. The summed E-state index contributed by atoms with van der Waals surface area (Å²) < 4.78 is 42.4. The van der Waals surface area contributed by atoms with Crippen LogP contribution in [-0.2, 0) is 24.2 Å². The van der Waals surface area contributed by atoms with Gasteiger partial charge in [0.15, 0.2) is 15.9 Å². The van der Waals surface area contributed by atoms with E-state index in [2.05, 4.69) is 5.32 Å². The highest BCUT2D eigenvalue weighted by Crippen LogP contribution is 2.24. The molecule has 0 spiro atoms. The van der Waals surface area contributed by atoms with Gasteiger partial charge in [-0.1, -0.05) is 32.0 Å². The molecule has 6 nitrogen and oxygen atoms in total. The first-order valence-corrected chi connectivity index (χ1v) is 10.8. The predicted octanol–water partition coefficient (Wildman–Crippen LogP) is 3.68. The molecule has 29 heavy (non-hydrogen) atoms. The zero-order valence-electron chi connectivity index (χ0n) is 16.5. The van der Waals surface area contributed by atoms with Gasteiger partial charge in [-0.25, -0.2) is 12.8 Å². The van der Waals surface area contributed by atoms with Crippen LogP contribution in [0.5, 0.6) is 0 Å². The van der Waals surface area contributed by atoms with Crippen molar-refractivity contribution in [2.45, 2.75) is 44.1 Å². The SMILES string of the molecule is CC(C)c1ccccc1NC(=O)[C@@H](C)OC(=O)CCS(=O)(=O)c1ccc(F)cc1. The van der Waals surface area contributed by atoms with Gasteiger partial charge in [-0.2, -0.15) is 0 Å². The normalized spacial score (nSPS) is 12.4. The number of halogens is 1. The molecular formula is C21H24FNO5S. The Balaban J connectivity index is 1.91. The second kappa shape index (κ2) is 9.65. The first-order valence-electron chi connectivity index (χ1n) is 9.17. The van der Waals surface area contributed by atoms with Crippen LogP contribution in [-0.4, -0.2) is 32.2 Å². The van der Waals surface area contributed by atoms with E-state index in [0.29, 0.717) is 5.69 Å². The van der Waals surface area contributed by atoms with Gasteiger partial charge in [0.2, 0.25) is 0 Å². The van der Waals surface area contributed by atoms with Crippen LogP contribution in [0, 0.1) is 5.82 Å². The fourth-order valence-corrected chi connectivity index (χ4v) is 3.86. The molecule has 0 fully saturated rings. The minimum atomic E-state index is -3.76. The summed E-state index contributed by atoms with van der Waals surface area (Å²) in [6, 6.07) is 11.7. The van der Waals surface area contributed by atoms with Crippen LogP contribution < -0.4 is 5.32 Å². The van der Waals surface area contributed by atoms with E-state index in [0.717, 1.165) is 29.8 Å². The standard InChI is InChI=1S/C21H24FNO5S/c1-14(2)18-6-4-5-7-19(18)23-21(25)15(3)28-20(24)12-13-29(26,27)17-10-8-16(22)9-11-17/h4-11,14-15H,12-13H2,1-3H3,(H,23,25)/t15-/m1/s1. The fraction of sp³-hybridized carbons (Fsp3) is 0.333. The Morgan fingerprint density at radius 2 is 1.66 bits per heavy atom. The molecule has 0 heterocycles. The van der Waals surface area contributed by atoms with Crippen molar-refractivity contribution in [3.63, 3.8) is 0 Å². The Morgan fingerprint density at radius 1 is 1.03 bits per heavy atom. The Bertz CT molecular complexity index is 971. The maximum atomic E-state index is 12.9. The highest BCUT2D eigenvalue weighted by molar-refractivity contribution is 7.91. The lowest BCUT2D eigenvalue weighted by molar-refractivity contribution is -0.152. The zero-order valence-corrected chi connectivity index (χ0v) is 17.3. The predicted molar refractivity (Wildman–Crippen MR) is 108 cm³/mol. The van der Waals surface area contributed by atoms with E-state index < -0.39 is 45.8 Å². The number of sulfone groups is 1. The summed E-state index contributed by atoms with van der Waals surface area (Å²) in [5.41, 5.74) is 1.58. The molecule has 1 amide bonds. The molecule has 2 rings (SSSR count). The monoisotopic (exact) mass is 421 g/mol. The number of esters is 1. The van der Waals surface area contributed by atoms with Crippen molar-refractivity contribution in [3.05, 3.63) is 59.9 Å². The summed E-state index contributed by atoms with van der Waals surface area (Å²) in [6.07, 6.45) is -1.50. The molecule has 1 atom stereocenters. The van der Waals surface area contributed by atoms with Crippen molar-refractivity contribution < 1.29 is 27.1 Å². The number of carbonyl (C=O) groups is 2. The third kappa shape index (κ3) is 6.39. The number of rotatable bonds is 8. The molecule has 0 aliphatic rings. The van der Waals surface area contributed by atoms with Crippen LogP contribution in [0.3, 0.4) is 0 Å². The van der Waals surface area contributed by atoms with Crippen LogP contribution in [0.15, 0.2) is 53.4 Å². The van der Waals surface area contributed by atoms with Gasteiger partial charge in [0.1, 0.15) is 5.82 Å². The lowest BCUT2D eigenvalue weighted by Crippen LogP contribution is -2.30. The first-order chi connectivity index (χ1) is 13.6. The molecule has 0 bridgehead atoms. The number of amides is 1. The highest BCUT2D eigenvalue weighted by atomic mass is 32.2. The number of ether oxygens (including phenoxy) is 1. The number of carbonyl (C=O) groups excluding carboxylic acids is 2. The van der Waals surface area contributed by atoms with Gasteiger partial charge in [-0.15, -0.1) is 0 Å². The summed E-state index contributed by atoms with van der Waals surface area (Å²) in [4.78, 5) is 24.2. The van der Waals surface area contributed by atoms with E-state index in [9.17, 15) is 22.4 Å². The van der Waals surface area contributed by atoms with Gasteiger partial charge in [-0.3, -0.25) is 9.59 Å². The minimum Gasteiger partial charge on any atom is -0.453 e. The van der Waals surface area contributed by atoms with Crippen LogP contribution in [0.4, 0.5) is 10.1 Å². The van der Waals surface area contributed by atoms with E-state index in [-0.39, 0.29) is 10.8 Å². The van der Waals surface area contributed by atoms with E-state index in [1.54, 1.807) is 12.1 Å². The van der Waals surface area contributed by atoms with Crippen molar-refractivity contribution in [2.24, 2.45) is 0 Å². The van der Waals surface area contributed by atoms with Gasteiger partial charge in [0, 0.05) is 5.69 Å². The highest BCUT2D eigenvalue weighted by Gasteiger charge is 2.22. The van der Waals surface area contributed by atoms with Gasteiger partial charge < -0.3 is 10.1 Å². The summed E-state index contributed by atoms with van der Waals surface area (Å²) in [5.74, 6) is -2.17. The average molecular weight is 421 g/mol. The van der Waals surface area contributed by atoms with E-state index in [4.69, 9.17) is 4.74 Å². The van der Waals surface area contributed by atoms with Crippen LogP contribution in [0.25, 0.3) is 0 Å². The fourth-order valence-electron chi connectivity index (χ4n) is 2.64. The average Bonchev–Trinajstić information content (AvgIpc) is 2.67. The lowest BCUT2D eigenvalue weighted by Gasteiger charge is -2.17. The molecule has 2 aromatic rings. The lowest BCUT2D eigenvalue weighted by atomic mass is 10.0. The maximum Gasteiger partial charge on any atom is 0.307 e. The summed E-state index contributed by atoms with van der Waals surface area (Å²) in [5, 5.41) is 2.73. The molecule has 0 saturated heterocycles. The van der Waals surface area contributed by atoms with Crippen molar-refractivity contribution in [1.82, 2.24) is 0 Å². The van der Waals surface area contributed by atoms with Crippen LogP contribution >= 0.6 is 0 Å². The molecule has 0 saturated carbocycles. The quantitative estimate of drug-likeness (QED) is 0.519. The zero-order chi connectivity index (χ0) is 21.6. The molecule has 0 unspecified atom stereocenters. The van der Waals surface area contributed by atoms with Gasteiger partial charge >= 0.3 is 5.97 Å². The van der Waals surface area contributed by atoms with Crippen LogP contribution in [0.1, 0.15) is 38.7 Å². The number of benzene rings is 2. The Labute approximate surface area is 170 Å². The van der Waals surface area contributed by atoms with E-state index in [1.165, 1.54) is 6.92 Å². The number of nitrogens with one attached hydrogen (secondary N) is 1. The van der Waals surface area contributed by atoms with Crippen LogP contribution in [0.2, 0.25) is 0 Å². The van der Waals surface area contributed by atoms with Crippen molar-refractivity contribution in [3.8, 4) is 0 Å². The van der Waals surface area contributed by atoms with Crippen molar-refractivity contribution in [2.75, 3.05) is 11.1 Å². The van der Waals surface area contributed by atoms with Crippen molar-refractivity contribution in [1.29, 1.82) is 0 Å². The topological polar surface area (TPSA) is 89.5 Å². The molecule has 0 aliphatic heterocycles. The van der Waals surface area contributed by atoms with Gasteiger partial charge in [0.05, 0.1) is 17.1 Å². The number of hydrogen-bond donors (Lipinski definition) is 1. The number of para-hydroxylation sites is 1. The second-order valence-corrected chi connectivity index (χ2v) is 9.00. The Morgan fingerprint density at radius 3 is 2.28 bits per heavy atom. The Hall–Kier alpha value is -2.74. The third-order valence-corrected chi connectivity index (χ3v) is 6.00. The molecule has 0 aliphatic carbocycles. The molecule has 1 N–H and O–H groups in total. The number of hydrogen-bond acceptors (Lipinski definition) is 5. The molecule has 2 aromatic carbocycles. The van der Waals surface area contributed by atoms with E-state index >= 15 is 0 Å². The minimum absolute atomic E-state index is 0.0808. The molecule has 0 radical (unpaired) electrons. The second-order valence-electron chi connectivity index (χ2n) is 6.89. The summed E-state index contributed by atoms with van der Waals surface area (Å²) in [7, 11) is -3.76. The van der Waals surface area contributed by atoms with E-state index in [1.807, 2.05) is 26.0 Å². The largest absolute Gasteiger partial charge is 0.453 e. The third-order valence-electron chi connectivity index (χ3n) is 4.27. The number of anilines is 1. The molecule has 156 valence electrons.